The van der Waals surface area contributed by atoms with Crippen LogP contribution in [0.3, 0.4) is 0 Å². The zero-order valence-corrected chi connectivity index (χ0v) is 11.8. The molecule has 1 aliphatic heterocycles. The molecule has 1 fully saturated rings. The average Bonchev–Trinajstić information content (AvgIpc) is 2.45. The molecule has 1 saturated heterocycles. The molecule has 1 heterocycles. The van der Waals surface area contributed by atoms with Crippen molar-refractivity contribution >= 4 is 0 Å². The van der Waals surface area contributed by atoms with Crippen LogP contribution in [0.25, 0.3) is 0 Å². The van der Waals surface area contributed by atoms with Crippen LogP contribution in [0.2, 0.25) is 0 Å². The van der Waals surface area contributed by atoms with Crippen molar-refractivity contribution in [2.24, 2.45) is 5.92 Å². The number of piperidine rings is 1. The minimum atomic E-state index is -4.31. The number of hydrogen-bond acceptors (Lipinski definition) is 2. The van der Waals surface area contributed by atoms with Gasteiger partial charge < -0.3 is 10.1 Å². The van der Waals surface area contributed by atoms with E-state index in [0.717, 1.165) is 32.0 Å². The number of nitrogens with one attached hydrogen (secondary N) is 1. The molecule has 0 aliphatic carbocycles. The fraction of sp³-hybridized carbons (Fsp3) is 0.600. The quantitative estimate of drug-likeness (QED) is 0.912. The predicted molar refractivity (Wildman–Crippen MR) is 72.0 cm³/mol. The normalized spacial score (nSPS) is 18.9. The maximum atomic E-state index is 12.9. The summed E-state index contributed by atoms with van der Waals surface area (Å²) in [5, 5.41) is 3.27. The minimum absolute atomic E-state index is 0.0642. The highest BCUT2D eigenvalue weighted by molar-refractivity contribution is 5.41. The third kappa shape index (κ3) is 3.26. The van der Waals surface area contributed by atoms with Gasteiger partial charge in [0.05, 0.1) is 12.7 Å². The Morgan fingerprint density at radius 2 is 1.90 bits per heavy atom. The zero-order chi connectivity index (χ0) is 14.8. The molecule has 0 aromatic heterocycles. The van der Waals surface area contributed by atoms with Crippen LogP contribution in [0, 0.1) is 5.92 Å². The lowest BCUT2D eigenvalue weighted by Crippen LogP contribution is -2.30. The van der Waals surface area contributed by atoms with Crippen LogP contribution in [0.15, 0.2) is 18.2 Å². The molecular weight excluding hydrogens is 267 g/mol. The van der Waals surface area contributed by atoms with Gasteiger partial charge in [-0.15, -0.1) is 0 Å². The van der Waals surface area contributed by atoms with Gasteiger partial charge in [0.2, 0.25) is 0 Å². The van der Waals surface area contributed by atoms with E-state index in [0.29, 0.717) is 17.2 Å². The Balaban J connectivity index is 2.32. The van der Waals surface area contributed by atoms with Crippen molar-refractivity contribution in [3.63, 3.8) is 0 Å². The van der Waals surface area contributed by atoms with Crippen molar-refractivity contribution in [2.75, 3.05) is 20.2 Å². The van der Waals surface area contributed by atoms with Crippen molar-refractivity contribution in [1.29, 1.82) is 0 Å². The molecule has 1 aliphatic rings. The molecule has 2 rings (SSSR count). The van der Waals surface area contributed by atoms with E-state index in [9.17, 15) is 13.2 Å². The first-order valence-corrected chi connectivity index (χ1v) is 6.89. The Hall–Kier alpha value is -1.23. The number of alkyl halides is 3. The SMILES string of the molecule is COc1ccc(C(F)(F)F)cc1C(C)C1CCNCC1. The lowest BCUT2D eigenvalue weighted by atomic mass is 9.81. The van der Waals surface area contributed by atoms with E-state index in [1.165, 1.54) is 19.2 Å². The first kappa shape index (κ1) is 15.2. The summed E-state index contributed by atoms with van der Waals surface area (Å²) in [5.74, 6) is 1.01. The van der Waals surface area contributed by atoms with Crippen molar-refractivity contribution < 1.29 is 17.9 Å². The van der Waals surface area contributed by atoms with E-state index in [2.05, 4.69) is 5.32 Å². The molecule has 1 aromatic carbocycles. The summed E-state index contributed by atoms with van der Waals surface area (Å²) in [4.78, 5) is 0. The second-order valence-electron chi connectivity index (χ2n) is 5.33. The Labute approximate surface area is 117 Å². The standard InChI is InChI=1S/C15H20F3NO/c1-10(11-5-7-19-8-6-11)13-9-12(15(16,17)18)3-4-14(13)20-2/h3-4,9-11,19H,5-8H2,1-2H3. The number of hydrogen-bond donors (Lipinski definition) is 1. The smallest absolute Gasteiger partial charge is 0.416 e. The molecule has 112 valence electrons. The van der Waals surface area contributed by atoms with Gasteiger partial charge in [-0.05, 0) is 61.5 Å². The van der Waals surface area contributed by atoms with Gasteiger partial charge in [0, 0.05) is 0 Å². The molecule has 20 heavy (non-hydrogen) atoms. The number of halogens is 3. The van der Waals surface area contributed by atoms with Crippen molar-refractivity contribution in [3.05, 3.63) is 29.3 Å². The Morgan fingerprint density at radius 1 is 1.25 bits per heavy atom. The van der Waals surface area contributed by atoms with Crippen molar-refractivity contribution in [2.45, 2.75) is 31.9 Å². The van der Waals surface area contributed by atoms with Crippen LogP contribution in [-0.4, -0.2) is 20.2 Å². The molecule has 1 unspecified atom stereocenters. The second-order valence-corrected chi connectivity index (χ2v) is 5.33. The molecule has 5 heteroatoms. The average molecular weight is 287 g/mol. The van der Waals surface area contributed by atoms with Gasteiger partial charge in [-0.3, -0.25) is 0 Å². The molecule has 1 atom stereocenters. The summed E-state index contributed by atoms with van der Waals surface area (Å²) in [6, 6.07) is 3.75. The van der Waals surface area contributed by atoms with Gasteiger partial charge in [0.15, 0.2) is 0 Å². The lowest BCUT2D eigenvalue weighted by Gasteiger charge is -2.29. The highest BCUT2D eigenvalue weighted by atomic mass is 19.4. The summed E-state index contributed by atoms with van der Waals surface area (Å²) in [7, 11) is 1.50. The van der Waals surface area contributed by atoms with E-state index in [1.54, 1.807) is 0 Å². The van der Waals surface area contributed by atoms with E-state index < -0.39 is 11.7 Å². The second kappa shape index (κ2) is 6.04. The van der Waals surface area contributed by atoms with Crippen molar-refractivity contribution in [1.82, 2.24) is 5.32 Å². The Morgan fingerprint density at radius 3 is 2.45 bits per heavy atom. The number of rotatable bonds is 3. The molecule has 1 aromatic rings. The fourth-order valence-corrected chi connectivity index (χ4v) is 2.86. The Kier molecular flexibility index (Phi) is 4.58. The van der Waals surface area contributed by atoms with E-state index in [-0.39, 0.29) is 5.92 Å². The maximum absolute atomic E-state index is 12.9. The molecule has 0 radical (unpaired) electrons. The summed E-state index contributed by atoms with van der Waals surface area (Å²) in [6.45, 7) is 3.85. The number of methoxy groups -OCH3 is 1. The van der Waals surface area contributed by atoms with Gasteiger partial charge in [-0.2, -0.15) is 13.2 Å². The molecule has 0 spiro atoms. The molecule has 0 saturated carbocycles. The summed E-state index contributed by atoms with van der Waals surface area (Å²) >= 11 is 0. The topological polar surface area (TPSA) is 21.3 Å². The predicted octanol–water partition coefficient (Wildman–Crippen LogP) is 3.82. The van der Waals surface area contributed by atoms with Crippen LogP contribution in [0.1, 0.15) is 36.8 Å². The van der Waals surface area contributed by atoms with E-state index in [4.69, 9.17) is 4.74 Å². The molecule has 0 bridgehead atoms. The highest BCUT2D eigenvalue weighted by Crippen LogP contribution is 2.39. The van der Waals surface area contributed by atoms with Crippen LogP contribution >= 0.6 is 0 Å². The first-order valence-electron chi connectivity index (χ1n) is 6.89. The van der Waals surface area contributed by atoms with Crippen molar-refractivity contribution in [3.8, 4) is 5.75 Å². The van der Waals surface area contributed by atoms with Gasteiger partial charge in [-0.1, -0.05) is 6.92 Å². The molecular formula is C15H20F3NO. The molecule has 2 nitrogen and oxygen atoms in total. The fourth-order valence-electron chi connectivity index (χ4n) is 2.86. The van der Waals surface area contributed by atoms with Gasteiger partial charge in [-0.25, -0.2) is 0 Å². The minimum Gasteiger partial charge on any atom is -0.496 e. The monoisotopic (exact) mass is 287 g/mol. The van der Waals surface area contributed by atoms with Gasteiger partial charge in [0.1, 0.15) is 5.75 Å². The van der Waals surface area contributed by atoms with Gasteiger partial charge in [0.25, 0.3) is 0 Å². The van der Waals surface area contributed by atoms with Crippen LogP contribution in [0.4, 0.5) is 13.2 Å². The van der Waals surface area contributed by atoms with Crippen LogP contribution in [-0.2, 0) is 6.18 Å². The number of benzene rings is 1. The maximum Gasteiger partial charge on any atom is 0.416 e. The van der Waals surface area contributed by atoms with E-state index >= 15 is 0 Å². The Bertz CT molecular complexity index is 453. The molecule has 0 amide bonds. The summed E-state index contributed by atoms with van der Waals surface area (Å²) in [6.07, 6.45) is -2.34. The third-order valence-corrected chi connectivity index (χ3v) is 4.14. The van der Waals surface area contributed by atoms with Crippen LogP contribution < -0.4 is 10.1 Å². The number of ether oxygens (including phenoxy) is 1. The third-order valence-electron chi connectivity index (χ3n) is 4.14. The molecule has 1 N–H and O–H groups in total. The zero-order valence-electron chi connectivity index (χ0n) is 11.8. The summed E-state index contributed by atoms with van der Waals surface area (Å²) in [5.41, 5.74) is 0.0586. The van der Waals surface area contributed by atoms with E-state index in [1.807, 2.05) is 6.92 Å². The highest BCUT2D eigenvalue weighted by Gasteiger charge is 2.32. The first-order chi connectivity index (χ1) is 9.43. The largest absolute Gasteiger partial charge is 0.496 e. The lowest BCUT2D eigenvalue weighted by molar-refractivity contribution is -0.137. The van der Waals surface area contributed by atoms with Crippen LogP contribution in [0.5, 0.6) is 5.75 Å². The summed E-state index contributed by atoms with van der Waals surface area (Å²) < 4.78 is 43.8. The van der Waals surface area contributed by atoms with Gasteiger partial charge >= 0.3 is 6.18 Å².